The molecule has 1 heterocycles. The van der Waals surface area contributed by atoms with Crippen molar-refractivity contribution in [2.24, 2.45) is 0 Å². The number of hydrogen-bond donors (Lipinski definition) is 3. The number of aliphatic hydroxyl groups excluding tert-OH is 2. The lowest BCUT2D eigenvalue weighted by molar-refractivity contribution is -0.301. The van der Waals surface area contributed by atoms with Crippen LogP contribution in [-0.4, -0.2) is 89.2 Å². The number of rotatable bonds is 51. The molecule has 1 aliphatic heterocycles. The molecule has 12 heteroatoms. The van der Waals surface area contributed by atoms with E-state index in [9.17, 15) is 34.5 Å². The number of carboxylic acid groups (broad SMARTS) is 1. The number of hydrogen-bond acceptors (Lipinski definition) is 11. The van der Waals surface area contributed by atoms with Crippen LogP contribution in [0.1, 0.15) is 265 Å². The fourth-order valence-corrected chi connectivity index (χ4v) is 8.84. The first-order valence-electron chi connectivity index (χ1n) is 30.3. The molecular formula is C63H108O12. The molecule has 0 aromatic carbocycles. The highest BCUT2D eigenvalue weighted by Gasteiger charge is 2.50. The molecule has 0 amide bonds. The molecule has 0 aliphatic carbocycles. The highest BCUT2D eigenvalue weighted by Crippen LogP contribution is 2.26. The fourth-order valence-electron chi connectivity index (χ4n) is 8.84. The van der Waals surface area contributed by atoms with Crippen LogP contribution in [-0.2, 0) is 42.9 Å². The van der Waals surface area contributed by atoms with Gasteiger partial charge in [-0.3, -0.25) is 14.4 Å². The fraction of sp³-hybridized carbons (Fsp3) is 0.778. The molecule has 0 saturated carbocycles. The molecule has 3 N–H and O–H groups in total. The van der Waals surface area contributed by atoms with Crippen molar-refractivity contribution >= 4 is 23.9 Å². The van der Waals surface area contributed by atoms with Gasteiger partial charge in [0.15, 0.2) is 24.6 Å². The van der Waals surface area contributed by atoms with Gasteiger partial charge in [-0.25, -0.2) is 4.79 Å². The van der Waals surface area contributed by atoms with Crippen molar-refractivity contribution in [3.05, 3.63) is 60.8 Å². The summed E-state index contributed by atoms with van der Waals surface area (Å²) in [6.07, 6.45) is 50.4. The van der Waals surface area contributed by atoms with Gasteiger partial charge in [0.1, 0.15) is 18.8 Å². The van der Waals surface area contributed by atoms with Crippen LogP contribution in [0, 0.1) is 0 Å². The zero-order valence-electron chi connectivity index (χ0n) is 47.5. The standard InChI is InChI=1S/C63H108O12/c1-4-7-10-13-16-19-22-25-26-27-28-29-30-33-34-37-40-43-46-49-55(64)71-52-54(73-56(65)50-47-44-41-38-35-31-23-20-17-14-11-8-5-2)53-72-63-61(59(68)58(67)60(75-63)62(69)70)74-57(66)51-48-45-42-39-36-32-24-21-18-15-12-9-6-3/h12,15-16,19-21,23-26,54,58-61,63,67-68H,4-11,13-14,17-18,22,27-53H2,1-3H3,(H,69,70)/b15-12-,19-16-,23-20-,24-21-,26-25-. The summed E-state index contributed by atoms with van der Waals surface area (Å²) < 4.78 is 28.4. The van der Waals surface area contributed by atoms with E-state index in [0.29, 0.717) is 19.3 Å². The molecule has 0 aromatic rings. The van der Waals surface area contributed by atoms with E-state index < -0.39 is 67.3 Å². The van der Waals surface area contributed by atoms with Gasteiger partial charge in [0.2, 0.25) is 0 Å². The van der Waals surface area contributed by atoms with E-state index in [0.717, 1.165) is 122 Å². The first-order valence-corrected chi connectivity index (χ1v) is 30.3. The van der Waals surface area contributed by atoms with E-state index in [1.54, 1.807) is 0 Å². The van der Waals surface area contributed by atoms with Crippen molar-refractivity contribution in [2.75, 3.05) is 13.2 Å². The maximum atomic E-state index is 13.1. The van der Waals surface area contributed by atoms with Crippen LogP contribution in [0.25, 0.3) is 0 Å². The van der Waals surface area contributed by atoms with Crippen LogP contribution in [0.4, 0.5) is 0 Å². The highest BCUT2D eigenvalue weighted by atomic mass is 16.7. The van der Waals surface area contributed by atoms with Crippen molar-refractivity contribution in [1.29, 1.82) is 0 Å². The van der Waals surface area contributed by atoms with Crippen LogP contribution in [0.15, 0.2) is 60.8 Å². The minimum absolute atomic E-state index is 0.0427. The van der Waals surface area contributed by atoms with Crippen LogP contribution in [0.3, 0.4) is 0 Å². The molecular weight excluding hydrogens is 949 g/mol. The van der Waals surface area contributed by atoms with Gasteiger partial charge in [0.25, 0.3) is 0 Å². The van der Waals surface area contributed by atoms with Crippen molar-refractivity contribution in [3.63, 3.8) is 0 Å². The Morgan fingerprint density at radius 3 is 1.29 bits per heavy atom. The summed E-state index contributed by atoms with van der Waals surface area (Å²) in [6.45, 7) is 5.88. The molecule has 1 aliphatic rings. The molecule has 6 atom stereocenters. The maximum Gasteiger partial charge on any atom is 0.335 e. The Morgan fingerprint density at radius 2 is 0.827 bits per heavy atom. The maximum absolute atomic E-state index is 13.1. The lowest BCUT2D eigenvalue weighted by Gasteiger charge is -2.40. The SMILES string of the molecule is CCC/C=C\C/C=C\CCCCCCCC(=O)OC1C(OCC(COC(=O)CCCCCCCCCCC/C=C\C/C=C\CCCCC)OC(=O)CCCCCCC/C=C\CCCCCC)OC(C(=O)O)C(O)C1O. The number of carbonyl (C=O) groups is 4. The topological polar surface area (TPSA) is 175 Å². The quantitative estimate of drug-likeness (QED) is 0.0228. The summed E-state index contributed by atoms with van der Waals surface area (Å²) in [5.41, 5.74) is 0. The third-order valence-electron chi connectivity index (χ3n) is 13.5. The summed E-state index contributed by atoms with van der Waals surface area (Å²) in [7, 11) is 0. The van der Waals surface area contributed by atoms with Crippen LogP contribution < -0.4 is 0 Å². The van der Waals surface area contributed by atoms with Gasteiger partial charge in [0.05, 0.1) is 6.61 Å². The van der Waals surface area contributed by atoms with Gasteiger partial charge < -0.3 is 39.0 Å². The summed E-state index contributed by atoms with van der Waals surface area (Å²) in [5.74, 6) is -3.14. The zero-order chi connectivity index (χ0) is 54.7. The van der Waals surface area contributed by atoms with E-state index >= 15 is 0 Å². The molecule has 12 nitrogen and oxygen atoms in total. The summed E-state index contributed by atoms with van der Waals surface area (Å²) >= 11 is 0. The van der Waals surface area contributed by atoms with Gasteiger partial charge in [-0.15, -0.1) is 0 Å². The number of carboxylic acids is 1. The van der Waals surface area contributed by atoms with Crippen LogP contribution >= 0.6 is 0 Å². The molecule has 0 radical (unpaired) electrons. The molecule has 1 fully saturated rings. The van der Waals surface area contributed by atoms with Gasteiger partial charge in [-0.05, 0) is 103 Å². The average Bonchev–Trinajstić information content (AvgIpc) is 3.39. The first kappa shape index (κ1) is 69.4. The summed E-state index contributed by atoms with van der Waals surface area (Å²) in [4.78, 5) is 51.1. The molecule has 0 bridgehead atoms. The third-order valence-corrected chi connectivity index (χ3v) is 13.5. The normalized spacial score (nSPS) is 18.5. The largest absolute Gasteiger partial charge is 0.479 e. The van der Waals surface area contributed by atoms with Crippen LogP contribution in [0.5, 0.6) is 0 Å². The number of ether oxygens (including phenoxy) is 5. The van der Waals surface area contributed by atoms with E-state index in [1.807, 2.05) is 0 Å². The lowest BCUT2D eigenvalue weighted by atomic mass is 9.98. The number of allylic oxidation sites excluding steroid dienone is 10. The number of aliphatic carboxylic acids is 1. The Bertz CT molecular complexity index is 1540. The molecule has 0 aromatic heterocycles. The Labute approximate surface area is 456 Å². The smallest absolute Gasteiger partial charge is 0.335 e. The van der Waals surface area contributed by atoms with Crippen LogP contribution in [0.2, 0.25) is 0 Å². The number of carbonyl (C=O) groups excluding carboxylic acids is 3. The Balaban J connectivity index is 2.67. The van der Waals surface area contributed by atoms with Gasteiger partial charge in [-0.1, -0.05) is 204 Å². The highest BCUT2D eigenvalue weighted by molar-refractivity contribution is 5.74. The van der Waals surface area contributed by atoms with Crippen molar-refractivity contribution in [1.82, 2.24) is 0 Å². The van der Waals surface area contributed by atoms with E-state index in [-0.39, 0.29) is 25.9 Å². The lowest BCUT2D eigenvalue weighted by Crippen LogP contribution is -2.61. The van der Waals surface area contributed by atoms with Crippen molar-refractivity contribution in [2.45, 2.75) is 302 Å². The Hall–Kier alpha value is -3.58. The van der Waals surface area contributed by atoms with Gasteiger partial charge in [0, 0.05) is 19.3 Å². The average molecular weight is 1060 g/mol. The molecule has 1 rings (SSSR count). The second kappa shape index (κ2) is 51.2. The molecule has 0 spiro atoms. The Morgan fingerprint density at radius 1 is 0.440 bits per heavy atom. The minimum Gasteiger partial charge on any atom is -0.479 e. The Kier molecular flexibility index (Phi) is 47.4. The molecule has 432 valence electrons. The van der Waals surface area contributed by atoms with E-state index in [2.05, 4.69) is 81.5 Å². The first-order chi connectivity index (χ1) is 36.6. The summed E-state index contributed by atoms with van der Waals surface area (Å²) in [5, 5.41) is 31.5. The van der Waals surface area contributed by atoms with Crippen molar-refractivity contribution < 1.29 is 58.2 Å². The molecule has 75 heavy (non-hydrogen) atoms. The summed E-state index contributed by atoms with van der Waals surface area (Å²) in [6, 6.07) is 0. The predicted octanol–water partition coefficient (Wildman–Crippen LogP) is 15.6. The third kappa shape index (κ3) is 41.2. The zero-order valence-corrected chi connectivity index (χ0v) is 47.5. The van der Waals surface area contributed by atoms with Gasteiger partial charge >= 0.3 is 23.9 Å². The number of aliphatic hydroxyl groups is 2. The molecule has 6 unspecified atom stereocenters. The second-order valence-corrected chi connectivity index (χ2v) is 20.6. The van der Waals surface area contributed by atoms with E-state index in [1.165, 1.54) is 83.5 Å². The van der Waals surface area contributed by atoms with Gasteiger partial charge in [-0.2, -0.15) is 0 Å². The second-order valence-electron chi connectivity index (χ2n) is 20.6. The predicted molar refractivity (Wildman–Crippen MR) is 303 cm³/mol. The minimum atomic E-state index is -1.91. The number of unbranched alkanes of at least 4 members (excludes halogenated alkanes) is 27. The van der Waals surface area contributed by atoms with E-state index in [4.69, 9.17) is 23.7 Å². The number of esters is 3. The van der Waals surface area contributed by atoms with Crippen molar-refractivity contribution in [3.8, 4) is 0 Å². The molecule has 1 saturated heterocycles. The monoisotopic (exact) mass is 1060 g/mol.